The van der Waals surface area contributed by atoms with Gasteiger partial charge < -0.3 is 26.7 Å². The first kappa shape index (κ1) is 14.2. The van der Waals surface area contributed by atoms with Crippen molar-refractivity contribution >= 4 is 40.5 Å². The zero-order valence-corrected chi connectivity index (χ0v) is 11.8. The molecule has 1 heterocycles. The average molecular weight is 289 g/mol. The molecular weight excluding hydrogens is 274 g/mol. The molecule has 0 amide bonds. The number of fused-ring (bicyclic) bond motifs is 2. The fraction of sp³-hybridized carbons (Fsp3) is 0.0714. The number of benzene rings is 2. The predicted octanol–water partition coefficient (Wildman–Crippen LogP) is 1.11. The minimum Gasteiger partial charge on any atom is -0.550 e. The molecule has 0 aromatic heterocycles. The monoisotopic (exact) mass is 289 g/mol. The van der Waals surface area contributed by atoms with E-state index in [1.165, 1.54) is 4.90 Å². The van der Waals surface area contributed by atoms with Crippen LogP contribution in [0.3, 0.4) is 0 Å². The molecular formula is C14H15N3O2S. The first-order valence-electron chi connectivity index (χ1n) is 5.93. The molecule has 2 aromatic carbocycles. The molecule has 0 aliphatic carbocycles. The van der Waals surface area contributed by atoms with E-state index in [-0.39, 0.29) is 0 Å². The van der Waals surface area contributed by atoms with Gasteiger partial charge in [0, 0.05) is 33.6 Å². The number of rotatable bonds is 0. The lowest BCUT2D eigenvalue weighted by Gasteiger charge is -2.20. The van der Waals surface area contributed by atoms with Crippen LogP contribution in [0.5, 0.6) is 0 Å². The summed E-state index contributed by atoms with van der Waals surface area (Å²) in [6, 6.07) is 12.1. The quantitative estimate of drug-likeness (QED) is 0.537. The van der Waals surface area contributed by atoms with Crippen LogP contribution in [0.15, 0.2) is 46.2 Å². The second kappa shape index (κ2) is 5.85. The molecule has 1 aliphatic rings. The number of anilines is 3. The lowest BCUT2D eigenvalue weighted by molar-refractivity contribution is -0.302. The zero-order valence-electron chi connectivity index (χ0n) is 11.0. The number of carboxylic acids is 1. The molecule has 0 spiro atoms. The van der Waals surface area contributed by atoms with Gasteiger partial charge in [0.1, 0.15) is 5.69 Å². The topological polar surface area (TPSA) is 106 Å². The van der Waals surface area contributed by atoms with Crippen molar-refractivity contribution < 1.29 is 15.6 Å². The highest BCUT2D eigenvalue weighted by molar-refractivity contribution is 7.99. The van der Waals surface area contributed by atoms with Crippen molar-refractivity contribution in [1.29, 1.82) is 0 Å². The highest BCUT2D eigenvalue weighted by atomic mass is 32.2. The van der Waals surface area contributed by atoms with Gasteiger partial charge >= 0.3 is 0 Å². The smallest absolute Gasteiger partial charge is 0.129 e. The van der Waals surface area contributed by atoms with Gasteiger partial charge in [0.05, 0.1) is 11.4 Å². The normalized spacial score (nSPS) is 11.3. The van der Waals surface area contributed by atoms with E-state index in [1.54, 1.807) is 11.8 Å². The fourth-order valence-electron chi connectivity index (χ4n) is 1.74. The Balaban J connectivity index is 0.000000328. The number of aliphatic carboxylic acids is 1. The van der Waals surface area contributed by atoms with Gasteiger partial charge in [-0.25, -0.2) is 0 Å². The number of quaternary nitrogens is 1. The summed E-state index contributed by atoms with van der Waals surface area (Å²) in [6.07, 6.45) is 0. The third kappa shape index (κ3) is 3.43. The number of nitrogens with one attached hydrogen (secondary N) is 1. The second-order valence-electron chi connectivity index (χ2n) is 4.30. The van der Waals surface area contributed by atoms with E-state index in [1.807, 2.05) is 24.3 Å². The number of carbonyl (C=O) groups is 1. The largest absolute Gasteiger partial charge is 0.550 e. The Morgan fingerprint density at radius 1 is 1.20 bits per heavy atom. The highest BCUT2D eigenvalue weighted by Gasteiger charge is 2.16. The Bertz CT molecular complexity index is 605. The van der Waals surface area contributed by atoms with E-state index in [0.717, 1.165) is 34.6 Å². The van der Waals surface area contributed by atoms with Crippen molar-refractivity contribution in [3.8, 4) is 0 Å². The summed E-state index contributed by atoms with van der Waals surface area (Å²) in [5, 5.41) is 12.3. The molecule has 0 saturated heterocycles. The summed E-state index contributed by atoms with van der Waals surface area (Å²) < 4.78 is 0. The standard InChI is InChI=1S/C12H11N3S.C2H4O2/c13-7-1-3-9-11(5-7)16-12-6-8(14)2-4-10(12)15-9;1-2(3)4/h1-6,15H,13-14H2;1H3,(H,3,4). The second-order valence-corrected chi connectivity index (χ2v) is 5.39. The van der Waals surface area contributed by atoms with Crippen LogP contribution in [0.2, 0.25) is 0 Å². The maximum atomic E-state index is 8.89. The Morgan fingerprint density at radius 2 is 1.75 bits per heavy atom. The molecule has 3 rings (SSSR count). The molecule has 0 bridgehead atoms. The molecule has 0 saturated carbocycles. The van der Waals surface area contributed by atoms with Crippen LogP contribution in [-0.4, -0.2) is 5.97 Å². The molecule has 0 unspecified atom stereocenters. The van der Waals surface area contributed by atoms with E-state index in [4.69, 9.17) is 15.6 Å². The Kier molecular flexibility index (Phi) is 4.16. The van der Waals surface area contributed by atoms with E-state index in [0.29, 0.717) is 0 Å². The molecule has 0 radical (unpaired) electrons. The Labute approximate surface area is 121 Å². The highest BCUT2D eigenvalue weighted by Crippen LogP contribution is 2.45. The molecule has 6 heteroatoms. The minimum atomic E-state index is -1.08. The molecule has 6 N–H and O–H groups in total. The average Bonchev–Trinajstić information content (AvgIpc) is 2.35. The molecule has 2 aromatic rings. The van der Waals surface area contributed by atoms with Crippen molar-refractivity contribution in [2.75, 3.05) is 11.1 Å². The zero-order chi connectivity index (χ0) is 14.7. The van der Waals surface area contributed by atoms with Gasteiger partial charge in [-0.1, -0.05) is 11.8 Å². The molecule has 0 fully saturated rings. The Hall–Kier alpha value is -2.18. The number of hydrogen-bond acceptors (Lipinski definition) is 5. The first-order chi connectivity index (χ1) is 9.45. The van der Waals surface area contributed by atoms with Crippen molar-refractivity contribution in [1.82, 2.24) is 0 Å². The lowest BCUT2D eigenvalue weighted by Crippen LogP contribution is -2.40. The number of carboxylic acid groups (broad SMARTS) is 1. The van der Waals surface area contributed by atoms with E-state index in [9.17, 15) is 0 Å². The van der Waals surface area contributed by atoms with Crippen LogP contribution in [0.1, 0.15) is 6.92 Å². The molecule has 20 heavy (non-hydrogen) atoms. The maximum absolute atomic E-state index is 8.89. The van der Waals surface area contributed by atoms with E-state index >= 15 is 0 Å². The van der Waals surface area contributed by atoms with Gasteiger partial charge in [-0.2, -0.15) is 0 Å². The molecule has 1 aliphatic heterocycles. The summed E-state index contributed by atoms with van der Waals surface area (Å²) in [6.45, 7) is 0.972. The third-order valence-electron chi connectivity index (χ3n) is 2.54. The van der Waals surface area contributed by atoms with Crippen LogP contribution < -0.4 is 21.9 Å². The van der Waals surface area contributed by atoms with Crippen LogP contribution >= 0.6 is 11.8 Å². The van der Waals surface area contributed by atoms with Crippen LogP contribution in [0.25, 0.3) is 0 Å². The number of nitrogen functional groups attached to an aromatic ring is 1. The summed E-state index contributed by atoms with van der Waals surface area (Å²) in [5.74, 6) is -1.08. The Morgan fingerprint density at radius 3 is 2.40 bits per heavy atom. The van der Waals surface area contributed by atoms with Gasteiger partial charge in [-0.05, 0) is 31.2 Å². The van der Waals surface area contributed by atoms with E-state index in [2.05, 4.69) is 23.2 Å². The SMILES string of the molecule is CC(=O)[O-].Nc1ccc2c(c1)Sc1cc([NH3+])ccc1N2. The van der Waals surface area contributed by atoms with Crippen molar-refractivity contribution in [3.63, 3.8) is 0 Å². The summed E-state index contributed by atoms with van der Waals surface area (Å²) >= 11 is 1.73. The van der Waals surface area contributed by atoms with Crippen LogP contribution in [0, 0.1) is 0 Å². The number of nitrogens with two attached hydrogens (primary N) is 1. The molecule has 5 nitrogen and oxygen atoms in total. The summed E-state index contributed by atoms with van der Waals surface area (Å²) in [5.41, 5.74) is 13.8. The van der Waals surface area contributed by atoms with Gasteiger partial charge in [-0.15, -0.1) is 0 Å². The van der Waals surface area contributed by atoms with Crippen LogP contribution in [-0.2, 0) is 4.79 Å². The lowest BCUT2D eigenvalue weighted by atomic mass is 10.2. The van der Waals surface area contributed by atoms with Gasteiger partial charge in [0.15, 0.2) is 0 Å². The van der Waals surface area contributed by atoms with Gasteiger partial charge in [0.2, 0.25) is 0 Å². The molecule has 0 atom stereocenters. The fourth-order valence-corrected chi connectivity index (χ4v) is 2.84. The van der Waals surface area contributed by atoms with Crippen molar-refractivity contribution in [3.05, 3.63) is 36.4 Å². The third-order valence-corrected chi connectivity index (χ3v) is 3.66. The minimum absolute atomic E-state index is 0.794. The van der Waals surface area contributed by atoms with Crippen molar-refractivity contribution in [2.24, 2.45) is 0 Å². The van der Waals surface area contributed by atoms with Gasteiger partial charge in [0.25, 0.3) is 0 Å². The summed E-state index contributed by atoms with van der Waals surface area (Å²) in [7, 11) is 0. The predicted molar refractivity (Wildman–Crippen MR) is 77.9 cm³/mol. The van der Waals surface area contributed by atoms with Crippen molar-refractivity contribution in [2.45, 2.75) is 16.7 Å². The summed E-state index contributed by atoms with van der Waals surface area (Å²) in [4.78, 5) is 11.3. The van der Waals surface area contributed by atoms with E-state index < -0.39 is 5.97 Å². The number of hydrogen-bond donors (Lipinski definition) is 3. The van der Waals surface area contributed by atoms with Gasteiger partial charge in [-0.3, -0.25) is 0 Å². The van der Waals surface area contributed by atoms with Crippen LogP contribution in [0.4, 0.5) is 22.7 Å². The number of carbonyl (C=O) groups excluding carboxylic acids is 1. The first-order valence-corrected chi connectivity index (χ1v) is 6.75. The maximum Gasteiger partial charge on any atom is 0.129 e. The molecule has 104 valence electrons.